The highest BCUT2D eigenvalue weighted by Crippen LogP contribution is 2.33. The molecule has 1 aromatic carbocycles. The van der Waals surface area contributed by atoms with Crippen molar-refractivity contribution in [3.63, 3.8) is 0 Å². The second-order valence-electron chi connectivity index (χ2n) is 5.23. The number of rotatable bonds is 4. The highest BCUT2D eigenvalue weighted by molar-refractivity contribution is 7.80. The molecule has 1 saturated heterocycles. The van der Waals surface area contributed by atoms with Crippen LogP contribution in [-0.4, -0.2) is 42.1 Å². The Kier molecular flexibility index (Phi) is 5.00. The monoisotopic (exact) mass is 334 g/mol. The zero-order valence-corrected chi connectivity index (χ0v) is 14.2. The maximum absolute atomic E-state index is 12.3. The summed E-state index contributed by atoms with van der Waals surface area (Å²) in [6.45, 7) is 3.77. The number of thiocarbonyl (C=S) groups is 1. The molecule has 2 rings (SSSR count). The van der Waals surface area contributed by atoms with Gasteiger partial charge in [-0.3, -0.25) is 19.8 Å². The molecule has 1 heterocycles. The molecule has 6 nitrogen and oxygen atoms in total. The van der Waals surface area contributed by atoms with Gasteiger partial charge in [-0.15, -0.1) is 0 Å². The maximum atomic E-state index is 12.3. The van der Waals surface area contributed by atoms with Crippen LogP contribution in [-0.2, 0) is 9.59 Å². The standard InChI is InChI=1S/C16H18N2O4S/c1-9(2)22-13-10(6-5-7-12(13)21-4)8-11-14(19)17-16(23)18(3)15(11)20/h5-9H,1-4H3,(H,17,19,23). The molecule has 0 atom stereocenters. The molecule has 0 aromatic heterocycles. The Bertz CT molecular complexity index is 697. The second kappa shape index (κ2) is 6.78. The van der Waals surface area contributed by atoms with Gasteiger partial charge in [-0.25, -0.2) is 0 Å². The van der Waals surface area contributed by atoms with Gasteiger partial charge in [0.1, 0.15) is 5.57 Å². The molecular formula is C16H18N2O4S. The molecule has 1 N–H and O–H groups in total. The van der Waals surface area contributed by atoms with Crippen LogP contribution in [0.5, 0.6) is 11.5 Å². The van der Waals surface area contributed by atoms with E-state index in [0.29, 0.717) is 17.1 Å². The van der Waals surface area contributed by atoms with Gasteiger partial charge in [0.05, 0.1) is 13.2 Å². The molecule has 1 aliphatic rings. The Morgan fingerprint density at radius 3 is 2.61 bits per heavy atom. The molecule has 1 aliphatic heterocycles. The lowest BCUT2D eigenvalue weighted by molar-refractivity contribution is -0.128. The van der Waals surface area contributed by atoms with Gasteiger partial charge >= 0.3 is 0 Å². The van der Waals surface area contributed by atoms with Crippen LogP contribution in [0.2, 0.25) is 0 Å². The molecule has 23 heavy (non-hydrogen) atoms. The minimum absolute atomic E-state index is 0.0111. The molecule has 0 aliphatic carbocycles. The first-order valence-electron chi connectivity index (χ1n) is 7.04. The molecule has 0 unspecified atom stereocenters. The van der Waals surface area contributed by atoms with Crippen LogP contribution in [0.15, 0.2) is 23.8 Å². The lowest BCUT2D eigenvalue weighted by Gasteiger charge is -2.25. The maximum Gasteiger partial charge on any atom is 0.265 e. The molecule has 7 heteroatoms. The van der Waals surface area contributed by atoms with E-state index in [4.69, 9.17) is 21.7 Å². The quantitative estimate of drug-likeness (QED) is 0.516. The lowest BCUT2D eigenvalue weighted by atomic mass is 10.1. The van der Waals surface area contributed by atoms with E-state index in [0.717, 1.165) is 0 Å². The lowest BCUT2D eigenvalue weighted by Crippen LogP contribution is -2.52. The van der Waals surface area contributed by atoms with E-state index in [1.54, 1.807) is 18.2 Å². The number of ether oxygens (including phenoxy) is 2. The average molecular weight is 334 g/mol. The first-order valence-corrected chi connectivity index (χ1v) is 7.44. The summed E-state index contributed by atoms with van der Waals surface area (Å²) in [5.41, 5.74) is 0.570. The van der Waals surface area contributed by atoms with Crippen molar-refractivity contribution in [2.75, 3.05) is 14.2 Å². The zero-order valence-electron chi connectivity index (χ0n) is 13.4. The SMILES string of the molecule is COc1cccc(C=C2C(=O)NC(=S)N(C)C2=O)c1OC(C)C. The predicted octanol–water partition coefficient (Wildman–Crippen LogP) is 1.74. The number of carbonyl (C=O) groups excluding carboxylic acids is 2. The van der Waals surface area contributed by atoms with Crippen LogP contribution >= 0.6 is 12.2 Å². The van der Waals surface area contributed by atoms with Crippen LogP contribution < -0.4 is 14.8 Å². The molecule has 0 saturated carbocycles. The van der Waals surface area contributed by atoms with Gasteiger partial charge in [0.25, 0.3) is 11.8 Å². The number of likely N-dealkylation sites (N-methyl/N-ethyl adjacent to an activating group) is 1. The normalized spacial score (nSPS) is 16.8. The Morgan fingerprint density at radius 2 is 2.00 bits per heavy atom. The fourth-order valence-electron chi connectivity index (χ4n) is 2.07. The van der Waals surface area contributed by atoms with Crippen molar-refractivity contribution in [3.8, 4) is 11.5 Å². The van der Waals surface area contributed by atoms with Crippen LogP contribution in [0.25, 0.3) is 6.08 Å². The second-order valence-corrected chi connectivity index (χ2v) is 5.61. The fraction of sp³-hybridized carbons (Fsp3) is 0.312. The number of para-hydroxylation sites is 1. The van der Waals surface area contributed by atoms with Crippen molar-refractivity contribution in [2.45, 2.75) is 20.0 Å². The molecule has 0 radical (unpaired) electrons. The van der Waals surface area contributed by atoms with Crippen LogP contribution in [0, 0.1) is 0 Å². The minimum atomic E-state index is -0.531. The number of nitrogens with zero attached hydrogens (tertiary/aromatic N) is 1. The van der Waals surface area contributed by atoms with Crippen LogP contribution in [0.3, 0.4) is 0 Å². The molecule has 1 aromatic rings. The third-order valence-corrected chi connectivity index (χ3v) is 3.56. The summed E-state index contributed by atoms with van der Waals surface area (Å²) in [5.74, 6) is 0.0166. The van der Waals surface area contributed by atoms with Crippen molar-refractivity contribution >= 4 is 35.2 Å². The fourth-order valence-corrected chi connectivity index (χ4v) is 2.25. The molecule has 0 spiro atoms. The minimum Gasteiger partial charge on any atom is -0.493 e. The van der Waals surface area contributed by atoms with Gasteiger partial charge in [-0.1, -0.05) is 12.1 Å². The van der Waals surface area contributed by atoms with Crippen molar-refractivity contribution < 1.29 is 19.1 Å². The Morgan fingerprint density at radius 1 is 1.30 bits per heavy atom. The molecule has 122 valence electrons. The number of nitrogens with one attached hydrogen (secondary N) is 1. The Hall–Kier alpha value is -2.41. The first-order chi connectivity index (χ1) is 10.8. The molecule has 2 amide bonds. The number of hydrogen-bond acceptors (Lipinski definition) is 5. The third kappa shape index (κ3) is 3.50. The van der Waals surface area contributed by atoms with Gasteiger partial charge in [0, 0.05) is 12.6 Å². The van der Waals surface area contributed by atoms with Gasteiger partial charge < -0.3 is 9.47 Å². The zero-order chi connectivity index (χ0) is 17.1. The van der Waals surface area contributed by atoms with Crippen molar-refractivity contribution in [1.82, 2.24) is 10.2 Å². The summed E-state index contributed by atoms with van der Waals surface area (Å²) < 4.78 is 11.1. The summed E-state index contributed by atoms with van der Waals surface area (Å²) >= 11 is 4.92. The van der Waals surface area contributed by atoms with Crippen molar-refractivity contribution in [3.05, 3.63) is 29.3 Å². The predicted molar refractivity (Wildman–Crippen MR) is 90.2 cm³/mol. The van der Waals surface area contributed by atoms with Crippen LogP contribution in [0.1, 0.15) is 19.4 Å². The third-order valence-electron chi connectivity index (χ3n) is 3.19. The van der Waals surface area contributed by atoms with E-state index in [2.05, 4.69) is 5.32 Å². The van der Waals surface area contributed by atoms with E-state index < -0.39 is 11.8 Å². The number of amides is 2. The van der Waals surface area contributed by atoms with Crippen molar-refractivity contribution in [2.24, 2.45) is 0 Å². The number of hydrogen-bond donors (Lipinski definition) is 1. The van der Waals surface area contributed by atoms with E-state index in [-0.39, 0.29) is 16.8 Å². The molecular weight excluding hydrogens is 316 g/mol. The number of methoxy groups -OCH3 is 1. The number of benzene rings is 1. The summed E-state index contributed by atoms with van der Waals surface area (Å²) in [4.78, 5) is 25.6. The largest absolute Gasteiger partial charge is 0.493 e. The van der Waals surface area contributed by atoms with Gasteiger partial charge in [-0.2, -0.15) is 0 Å². The highest BCUT2D eigenvalue weighted by atomic mass is 32.1. The Labute approximate surface area is 140 Å². The number of carbonyl (C=O) groups is 2. The van der Waals surface area contributed by atoms with E-state index in [9.17, 15) is 9.59 Å². The van der Waals surface area contributed by atoms with E-state index >= 15 is 0 Å². The Balaban J connectivity index is 2.51. The first kappa shape index (κ1) is 17.0. The molecule has 1 fully saturated rings. The highest BCUT2D eigenvalue weighted by Gasteiger charge is 2.31. The van der Waals surface area contributed by atoms with Crippen LogP contribution in [0.4, 0.5) is 0 Å². The van der Waals surface area contributed by atoms with Gasteiger partial charge in [0.2, 0.25) is 0 Å². The van der Waals surface area contributed by atoms with E-state index in [1.165, 1.54) is 25.1 Å². The van der Waals surface area contributed by atoms with Crippen molar-refractivity contribution in [1.29, 1.82) is 0 Å². The smallest absolute Gasteiger partial charge is 0.265 e. The summed E-state index contributed by atoms with van der Waals surface area (Å²) in [5, 5.41) is 2.56. The summed E-state index contributed by atoms with van der Waals surface area (Å²) in [6, 6.07) is 5.27. The average Bonchev–Trinajstić information content (AvgIpc) is 2.50. The summed E-state index contributed by atoms with van der Waals surface area (Å²) in [7, 11) is 3.04. The van der Waals surface area contributed by atoms with E-state index in [1.807, 2.05) is 13.8 Å². The van der Waals surface area contributed by atoms with Gasteiger partial charge in [-0.05, 0) is 38.2 Å². The topological polar surface area (TPSA) is 67.9 Å². The van der Waals surface area contributed by atoms with Gasteiger partial charge in [0.15, 0.2) is 16.6 Å². The summed E-state index contributed by atoms with van der Waals surface area (Å²) in [6.07, 6.45) is 1.39. The molecule has 0 bridgehead atoms.